The van der Waals surface area contributed by atoms with Crippen molar-refractivity contribution in [3.05, 3.63) is 29.8 Å². The van der Waals surface area contributed by atoms with Gasteiger partial charge in [0.1, 0.15) is 5.25 Å². The lowest BCUT2D eigenvalue weighted by Crippen LogP contribution is -2.40. The molecule has 0 radical (unpaired) electrons. The second-order valence-electron chi connectivity index (χ2n) is 4.59. The number of sulfone groups is 1. The Kier molecular flexibility index (Phi) is 4.37. The average Bonchev–Trinajstić information content (AvgIpc) is 2.27. The van der Waals surface area contributed by atoms with Gasteiger partial charge in [-0.3, -0.25) is 0 Å². The first-order valence-electron chi connectivity index (χ1n) is 6.25. The molecule has 1 aliphatic rings. The summed E-state index contributed by atoms with van der Waals surface area (Å²) < 4.78 is 29.1. The number of hydrogen-bond acceptors (Lipinski definition) is 4. The molecule has 0 amide bonds. The van der Waals surface area contributed by atoms with E-state index in [1.807, 2.05) is 12.1 Å². The van der Waals surface area contributed by atoms with Crippen molar-refractivity contribution >= 4 is 9.84 Å². The van der Waals surface area contributed by atoms with E-state index in [-0.39, 0.29) is 5.25 Å². The van der Waals surface area contributed by atoms with E-state index in [4.69, 9.17) is 10.5 Å². The first kappa shape index (κ1) is 13.5. The van der Waals surface area contributed by atoms with Gasteiger partial charge in [0, 0.05) is 0 Å². The largest absolute Gasteiger partial charge is 0.379 e. The molecule has 2 rings (SSSR count). The molecule has 4 nitrogen and oxygen atoms in total. The van der Waals surface area contributed by atoms with Crippen LogP contribution in [0.1, 0.15) is 18.4 Å². The Morgan fingerprint density at radius 2 is 1.83 bits per heavy atom. The van der Waals surface area contributed by atoms with Crippen molar-refractivity contribution in [1.29, 1.82) is 0 Å². The predicted molar refractivity (Wildman–Crippen MR) is 70.2 cm³/mol. The Bertz CT molecular complexity index is 477. The van der Waals surface area contributed by atoms with Gasteiger partial charge in [0.2, 0.25) is 0 Å². The van der Waals surface area contributed by atoms with E-state index in [9.17, 15) is 8.42 Å². The van der Waals surface area contributed by atoms with Crippen molar-refractivity contribution in [3.8, 4) is 0 Å². The highest BCUT2D eigenvalue weighted by molar-refractivity contribution is 7.92. The van der Waals surface area contributed by atoms with Crippen LogP contribution in [0.4, 0.5) is 0 Å². The fraction of sp³-hybridized carbons (Fsp3) is 0.538. The molecule has 0 aromatic heterocycles. The van der Waals surface area contributed by atoms with E-state index in [1.54, 1.807) is 12.1 Å². The topological polar surface area (TPSA) is 69.4 Å². The molecular formula is C13H19NO3S. The van der Waals surface area contributed by atoms with Crippen LogP contribution < -0.4 is 5.73 Å². The molecule has 0 spiro atoms. The number of hydrogen-bond donors (Lipinski definition) is 1. The lowest BCUT2D eigenvalue weighted by Gasteiger charge is -2.25. The zero-order chi connectivity index (χ0) is 13.0. The molecule has 100 valence electrons. The van der Waals surface area contributed by atoms with Crippen LogP contribution in [0.5, 0.6) is 0 Å². The monoisotopic (exact) mass is 269 g/mol. The first-order valence-corrected chi connectivity index (χ1v) is 7.80. The van der Waals surface area contributed by atoms with Crippen LogP contribution in [0.15, 0.2) is 29.2 Å². The predicted octanol–water partition coefficient (Wildman–Crippen LogP) is 1.14. The Balaban J connectivity index is 2.03. The third kappa shape index (κ3) is 2.91. The summed E-state index contributed by atoms with van der Waals surface area (Å²) in [6, 6.07) is 7.18. The van der Waals surface area contributed by atoms with Gasteiger partial charge in [0.25, 0.3) is 0 Å². The maximum Gasteiger partial charge on any atom is 0.185 e. The molecule has 0 saturated carbocycles. The smallest absolute Gasteiger partial charge is 0.185 e. The minimum Gasteiger partial charge on any atom is -0.379 e. The lowest BCUT2D eigenvalue weighted by molar-refractivity contribution is 0.0416. The maximum atomic E-state index is 12.1. The first-order chi connectivity index (χ1) is 8.64. The van der Waals surface area contributed by atoms with Crippen LogP contribution in [-0.2, 0) is 21.0 Å². The van der Waals surface area contributed by atoms with Crippen LogP contribution in [0.2, 0.25) is 0 Å². The summed E-state index contributed by atoms with van der Waals surface area (Å²) in [5.41, 5.74) is 6.60. The van der Waals surface area contributed by atoms with Crippen LogP contribution in [0.3, 0.4) is 0 Å². The molecule has 1 heterocycles. The van der Waals surface area contributed by atoms with Gasteiger partial charge >= 0.3 is 0 Å². The van der Waals surface area contributed by atoms with Gasteiger partial charge in [0.05, 0.1) is 18.1 Å². The molecule has 0 unspecified atom stereocenters. The Morgan fingerprint density at radius 1 is 1.17 bits per heavy atom. The average molecular weight is 269 g/mol. The van der Waals surface area contributed by atoms with Crippen molar-refractivity contribution < 1.29 is 13.2 Å². The number of nitrogens with two attached hydrogens (primary N) is 1. The molecule has 1 fully saturated rings. The van der Waals surface area contributed by atoms with Crippen LogP contribution in [-0.4, -0.2) is 33.4 Å². The molecule has 0 aliphatic carbocycles. The van der Waals surface area contributed by atoms with Crippen molar-refractivity contribution in [1.82, 2.24) is 0 Å². The van der Waals surface area contributed by atoms with Gasteiger partial charge in [-0.05, 0) is 43.5 Å². The minimum absolute atomic E-state index is 0.320. The molecule has 1 aromatic rings. The highest BCUT2D eigenvalue weighted by Crippen LogP contribution is 2.22. The number of rotatable bonds is 6. The van der Waals surface area contributed by atoms with Gasteiger partial charge in [-0.1, -0.05) is 12.1 Å². The summed E-state index contributed by atoms with van der Waals surface area (Å²) in [5.74, 6) is 0. The maximum absolute atomic E-state index is 12.1. The normalized spacial score (nSPS) is 16.5. The van der Waals surface area contributed by atoms with E-state index in [0.29, 0.717) is 24.7 Å². The number of aryl methyl sites for hydroxylation is 1. The summed E-state index contributed by atoms with van der Waals surface area (Å²) in [7, 11) is -3.19. The van der Waals surface area contributed by atoms with E-state index >= 15 is 0 Å². The fourth-order valence-electron chi connectivity index (χ4n) is 1.90. The van der Waals surface area contributed by atoms with E-state index in [1.165, 1.54) is 0 Å². The molecule has 5 heteroatoms. The molecule has 1 aromatic carbocycles. The van der Waals surface area contributed by atoms with E-state index in [0.717, 1.165) is 24.8 Å². The summed E-state index contributed by atoms with van der Waals surface area (Å²) in [5, 5.41) is -0.361. The molecule has 2 N–H and O–H groups in total. The van der Waals surface area contributed by atoms with Crippen LogP contribution in [0.25, 0.3) is 0 Å². The summed E-state index contributed by atoms with van der Waals surface area (Å²) in [6.45, 7) is 1.34. The second-order valence-corrected chi connectivity index (χ2v) is 6.82. The van der Waals surface area contributed by atoms with Crippen LogP contribution in [0, 0.1) is 0 Å². The highest BCUT2D eigenvalue weighted by Gasteiger charge is 2.33. The van der Waals surface area contributed by atoms with Crippen molar-refractivity contribution in [3.63, 3.8) is 0 Å². The van der Waals surface area contributed by atoms with Gasteiger partial charge < -0.3 is 10.5 Å². The second kappa shape index (κ2) is 5.82. The Hall–Kier alpha value is -0.910. The van der Waals surface area contributed by atoms with Crippen molar-refractivity contribution in [2.24, 2.45) is 5.73 Å². The third-order valence-corrected chi connectivity index (χ3v) is 5.30. The van der Waals surface area contributed by atoms with E-state index in [2.05, 4.69) is 0 Å². The quantitative estimate of drug-likeness (QED) is 0.786. The Morgan fingerprint density at radius 3 is 2.33 bits per heavy atom. The molecule has 1 aliphatic heterocycles. The highest BCUT2D eigenvalue weighted by atomic mass is 32.2. The molecule has 1 saturated heterocycles. The lowest BCUT2D eigenvalue weighted by atomic mass is 10.1. The Labute approximate surface area is 108 Å². The zero-order valence-electron chi connectivity index (χ0n) is 10.3. The van der Waals surface area contributed by atoms with Crippen molar-refractivity contribution in [2.75, 3.05) is 19.8 Å². The standard InChI is InChI=1S/C13H19NO3S/c14-8-2-1-3-11-4-6-12(7-5-11)18(15,16)13-9-17-10-13/h4-7,13H,1-3,8-10,14H2. The van der Waals surface area contributed by atoms with E-state index < -0.39 is 9.84 Å². The van der Waals surface area contributed by atoms with Gasteiger partial charge in [0.15, 0.2) is 9.84 Å². The number of unbranched alkanes of at least 4 members (excludes halogenated alkanes) is 1. The summed E-state index contributed by atoms with van der Waals surface area (Å²) in [4.78, 5) is 0.401. The fourth-order valence-corrected chi connectivity index (χ4v) is 3.36. The van der Waals surface area contributed by atoms with Crippen LogP contribution >= 0.6 is 0 Å². The zero-order valence-corrected chi connectivity index (χ0v) is 11.2. The SMILES string of the molecule is NCCCCc1ccc(S(=O)(=O)C2COC2)cc1. The van der Waals surface area contributed by atoms with Gasteiger partial charge in [-0.15, -0.1) is 0 Å². The van der Waals surface area contributed by atoms with Gasteiger partial charge in [-0.2, -0.15) is 0 Å². The molecule has 0 bridgehead atoms. The minimum atomic E-state index is -3.19. The molecular weight excluding hydrogens is 250 g/mol. The number of ether oxygens (including phenoxy) is 1. The van der Waals surface area contributed by atoms with Crippen molar-refractivity contribution in [2.45, 2.75) is 29.4 Å². The molecule has 18 heavy (non-hydrogen) atoms. The summed E-state index contributed by atoms with van der Waals surface area (Å²) >= 11 is 0. The number of benzene rings is 1. The summed E-state index contributed by atoms with van der Waals surface area (Å²) in [6.07, 6.45) is 2.99. The third-order valence-electron chi connectivity index (χ3n) is 3.22. The van der Waals surface area contributed by atoms with Gasteiger partial charge in [-0.25, -0.2) is 8.42 Å². The molecule has 0 atom stereocenters.